The molecular weight excluding hydrogens is 220 g/mol. The van der Waals surface area contributed by atoms with E-state index in [9.17, 15) is 4.79 Å². The number of carboxylic acid groups (broad SMARTS) is 1. The maximum Gasteiger partial charge on any atom is 0.336 e. The molecule has 4 heteroatoms. The summed E-state index contributed by atoms with van der Waals surface area (Å²) in [6, 6.07) is 6.71. The lowest BCUT2D eigenvalue weighted by molar-refractivity contribution is 0.0553. The van der Waals surface area contributed by atoms with Crippen molar-refractivity contribution in [3.05, 3.63) is 35.6 Å². The van der Waals surface area contributed by atoms with Crippen molar-refractivity contribution < 1.29 is 19.1 Å². The third-order valence-corrected chi connectivity index (χ3v) is 2.40. The number of benzene rings is 1. The molecule has 0 saturated carbocycles. The first-order chi connectivity index (χ1) is 8.08. The van der Waals surface area contributed by atoms with E-state index in [4.69, 9.17) is 14.3 Å². The number of carboxylic acids is 1. The average Bonchev–Trinajstić information content (AvgIpc) is 2.68. The second kappa shape index (κ2) is 4.59. The molecule has 0 aliphatic rings. The standard InChI is InChI=1S/C13H14O4/c1-8(2)16-7-9-6-11-10(13(14)15)4-3-5-12(11)17-9/h3-6,8H,7H2,1-2H3,(H,14,15). The molecule has 0 unspecified atom stereocenters. The van der Waals surface area contributed by atoms with Crippen molar-refractivity contribution in [2.75, 3.05) is 0 Å². The van der Waals surface area contributed by atoms with Gasteiger partial charge < -0.3 is 14.3 Å². The number of furan rings is 1. The van der Waals surface area contributed by atoms with Gasteiger partial charge in [0.05, 0.1) is 11.7 Å². The SMILES string of the molecule is CC(C)OCc1cc2c(C(=O)O)cccc2o1. The predicted octanol–water partition coefficient (Wildman–Crippen LogP) is 3.06. The van der Waals surface area contributed by atoms with Crippen molar-refractivity contribution >= 4 is 16.9 Å². The van der Waals surface area contributed by atoms with Crippen molar-refractivity contribution in [1.29, 1.82) is 0 Å². The minimum absolute atomic E-state index is 0.113. The van der Waals surface area contributed by atoms with Crippen LogP contribution in [0.25, 0.3) is 11.0 Å². The number of rotatable bonds is 4. The fourth-order valence-corrected chi connectivity index (χ4v) is 1.62. The Labute approximate surface area is 98.8 Å². The van der Waals surface area contributed by atoms with Crippen LogP contribution in [-0.4, -0.2) is 17.2 Å². The topological polar surface area (TPSA) is 59.7 Å². The van der Waals surface area contributed by atoms with E-state index in [0.29, 0.717) is 23.3 Å². The van der Waals surface area contributed by atoms with Gasteiger partial charge in [0.25, 0.3) is 0 Å². The lowest BCUT2D eigenvalue weighted by atomic mass is 10.1. The van der Waals surface area contributed by atoms with Crippen LogP contribution < -0.4 is 0 Å². The van der Waals surface area contributed by atoms with E-state index in [0.717, 1.165) is 0 Å². The highest BCUT2D eigenvalue weighted by Gasteiger charge is 2.12. The highest BCUT2D eigenvalue weighted by molar-refractivity contribution is 6.02. The largest absolute Gasteiger partial charge is 0.478 e. The van der Waals surface area contributed by atoms with Gasteiger partial charge in [0, 0.05) is 5.39 Å². The smallest absolute Gasteiger partial charge is 0.336 e. The Morgan fingerprint density at radius 1 is 1.47 bits per heavy atom. The minimum atomic E-state index is -0.951. The van der Waals surface area contributed by atoms with Gasteiger partial charge in [-0.05, 0) is 32.0 Å². The number of carbonyl (C=O) groups is 1. The molecule has 1 aromatic heterocycles. The predicted molar refractivity (Wildman–Crippen MR) is 63.1 cm³/mol. The quantitative estimate of drug-likeness (QED) is 0.883. The molecule has 1 heterocycles. The molecule has 0 amide bonds. The first kappa shape index (κ1) is 11.7. The van der Waals surface area contributed by atoms with Crippen molar-refractivity contribution in [2.45, 2.75) is 26.6 Å². The van der Waals surface area contributed by atoms with E-state index in [1.807, 2.05) is 13.8 Å². The summed E-state index contributed by atoms with van der Waals surface area (Å²) in [6.45, 7) is 4.22. The van der Waals surface area contributed by atoms with Gasteiger partial charge in [-0.3, -0.25) is 0 Å². The number of hydrogen-bond acceptors (Lipinski definition) is 3. The third-order valence-electron chi connectivity index (χ3n) is 2.40. The fraction of sp³-hybridized carbons (Fsp3) is 0.308. The molecule has 0 aliphatic carbocycles. The first-order valence-electron chi connectivity index (χ1n) is 5.44. The first-order valence-corrected chi connectivity index (χ1v) is 5.44. The van der Waals surface area contributed by atoms with Gasteiger partial charge in [0.2, 0.25) is 0 Å². The summed E-state index contributed by atoms with van der Waals surface area (Å²) in [7, 11) is 0. The van der Waals surface area contributed by atoms with Crippen molar-refractivity contribution in [3.8, 4) is 0 Å². The highest BCUT2D eigenvalue weighted by atomic mass is 16.5. The molecule has 2 aromatic rings. The van der Waals surface area contributed by atoms with Crippen LogP contribution in [0.2, 0.25) is 0 Å². The molecule has 4 nitrogen and oxygen atoms in total. The number of aromatic carboxylic acids is 1. The molecule has 0 bridgehead atoms. The lowest BCUT2D eigenvalue weighted by Gasteiger charge is -2.03. The van der Waals surface area contributed by atoms with Crippen molar-refractivity contribution in [3.63, 3.8) is 0 Å². The third kappa shape index (κ3) is 2.47. The normalized spacial score (nSPS) is 11.2. The summed E-state index contributed by atoms with van der Waals surface area (Å²) in [4.78, 5) is 11.0. The van der Waals surface area contributed by atoms with Gasteiger partial charge in [-0.2, -0.15) is 0 Å². The number of hydrogen-bond donors (Lipinski definition) is 1. The van der Waals surface area contributed by atoms with Crippen LogP contribution in [0.3, 0.4) is 0 Å². The van der Waals surface area contributed by atoms with E-state index in [1.54, 1.807) is 24.3 Å². The van der Waals surface area contributed by atoms with E-state index in [1.165, 1.54) is 0 Å². The van der Waals surface area contributed by atoms with Crippen LogP contribution in [0.4, 0.5) is 0 Å². The van der Waals surface area contributed by atoms with Gasteiger partial charge in [-0.1, -0.05) is 6.07 Å². The summed E-state index contributed by atoms with van der Waals surface area (Å²) in [5, 5.41) is 9.65. The van der Waals surface area contributed by atoms with Crippen LogP contribution in [0, 0.1) is 0 Å². The Morgan fingerprint density at radius 2 is 2.24 bits per heavy atom. The van der Waals surface area contributed by atoms with Crippen molar-refractivity contribution in [1.82, 2.24) is 0 Å². The van der Waals surface area contributed by atoms with E-state index < -0.39 is 5.97 Å². The molecule has 0 saturated heterocycles. The zero-order chi connectivity index (χ0) is 12.4. The molecule has 17 heavy (non-hydrogen) atoms. The number of ether oxygens (including phenoxy) is 1. The maximum atomic E-state index is 11.0. The second-order valence-electron chi connectivity index (χ2n) is 4.10. The Hall–Kier alpha value is -1.81. The Balaban J connectivity index is 2.36. The zero-order valence-electron chi connectivity index (χ0n) is 9.77. The fourth-order valence-electron chi connectivity index (χ4n) is 1.62. The molecule has 0 spiro atoms. The monoisotopic (exact) mass is 234 g/mol. The van der Waals surface area contributed by atoms with E-state index >= 15 is 0 Å². The van der Waals surface area contributed by atoms with Gasteiger partial charge in [-0.15, -0.1) is 0 Å². The molecule has 0 fully saturated rings. The molecule has 0 atom stereocenters. The van der Waals surface area contributed by atoms with Crippen LogP contribution >= 0.6 is 0 Å². The molecule has 90 valence electrons. The maximum absolute atomic E-state index is 11.0. The van der Waals surface area contributed by atoms with Gasteiger partial charge in [0.15, 0.2) is 0 Å². The van der Waals surface area contributed by atoms with Gasteiger partial charge in [-0.25, -0.2) is 4.79 Å². The minimum Gasteiger partial charge on any atom is -0.478 e. The Kier molecular flexibility index (Phi) is 3.15. The summed E-state index contributed by atoms with van der Waals surface area (Å²) >= 11 is 0. The van der Waals surface area contributed by atoms with Crippen molar-refractivity contribution in [2.24, 2.45) is 0 Å². The van der Waals surface area contributed by atoms with Gasteiger partial charge in [0.1, 0.15) is 18.0 Å². The summed E-state index contributed by atoms with van der Waals surface area (Å²) < 4.78 is 10.9. The lowest BCUT2D eigenvalue weighted by Crippen LogP contribution is -2.01. The zero-order valence-corrected chi connectivity index (χ0v) is 9.77. The molecule has 0 aliphatic heterocycles. The highest BCUT2D eigenvalue weighted by Crippen LogP contribution is 2.23. The van der Waals surface area contributed by atoms with Gasteiger partial charge >= 0.3 is 5.97 Å². The van der Waals surface area contributed by atoms with Crippen LogP contribution in [0.15, 0.2) is 28.7 Å². The molecule has 1 N–H and O–H groups in total. The van der Waals surface area contributed by atoms with Crippen LogP contribution in [0.1, 0.15) is 30.0 Å². The number of fused-ring (bicyclic) bond motifs is 1. The summed E-state index contributed by atoms with van der Waals surface area (Å²) in [5.41, 5.74) is 0.828. The molecule has 2 rings (SSSR count). The Bertz CT molecular complexity index is 539. The average molecular weight is 234 g/mol. The van der Waals surface area contributed by atoms with E-state index in [-0.39, 0.29) is 11.7 Å². The molecule has 1 aromatic carbocycles. The Morgan fingerprint density at radius 3 is 2.88 bits per heavy atom. The van der Waals surface area contributed by atoms with Crippen LogP contribution in [-0.2, 0) is 11.3 Å². The second-order valence-corrected chi connectivity index (χ2v) is 4.10. The molecular formula is C13H14O4. The molecule has 0 radical (unpaired) electrons. The summed E-state index contributed by atoms with van der Waals surface area (Å²) in [5.74, 6) is -0.310. The van der Waals surface area contributed by atoms with E-state index in [2.05, 4.69) is 0 Å². The summed E-state index contributed by atoms with van der Waals surface area (Å²) in [6.07, 6.45) is 0.113. The van der Waals surface area contributed by atoms with Crippen LogP contribution in [0.5, 0.6) is 0 Å².